The topological polar surface area (TPSA) is 25.8 Å². The molecule has 1 aromatic rings. The first-order valence-electron chi connectivity index (χ1n) is 5.89. The van der Waals surface area contributed by atoms with E-state index in [0.29, 0.717) is 5.41 Å². The van der Waals surface area contributed by atoms with Crippen molar-refractivity contribution in [2.45, 2.75) is 40.8 Å². The van der Waals surface area contributed by atoms with Gasteiger partial charge in [0.2, 0.25) is 0 Å². The molecule has 1 heterocycles. The molecule has 0 aromatic carbocycles. The molecule has 0 amide bonds. The van der Waals surface area contributed by atoms with Gasteiger partial charge in [0, 0.05) is 5.75 Å². The minimum absolute atomic E-state index is 0.442. The number of hydrogen-bond acceptors (Lipinski definition) is 6. The summed E-state index contributed by atoms with van der Waals surface area (Å²) in [6, 6.07) is 0. The van der Waals surface area contributed by atoms with Gasteiger partial charge in [-0.15, -0.1) is 10.2 Å². The largest absolute Gasteiger partial charge is 0.179 e. The fraction of sp³-hybridized carbons (Fsp3) is 0.818. The van der Waals surface area contributed by atoms with Gasteiger partial charge >= 0.3 is 0 Å². The Morgan fingerprint density at radius 2 is 1.94 bits per heavy atom. The van der Waals surface area contributed by atoms with E-state index in [-0.39, 0.29) is 0 Å². The minimum Gasteiger partial charge on any atom is -0.179 e. The zero-order chi connectivity index (χ0) is 12.1. The first-order chi connectivity index (χ1) is 8.28. The SMILES string of the molecule is CSc1nnc(SCC2(CS)CCCCC2)s1. The van der Waals surface area contributed by atoms with Gasteiger partial charge in [0.05, 0.1) is 0 Å². The predicted molar refractivity (Wildman–Crippen MR) is 81.8 cm³/mol. The quantitative estimate of drug-likeness (QED) is 0.650. The van der Waals surface area contributed by atoms with Gasteiger partial charge in [-0.1, -0.05) is 54.1 Å². The van der Waals surface area contributed by atoms with E-state index in [0.717, 1.165) is 20.2 Å². The highest BCUT2D eigenvalue weighted by Crippen LogP contribution is 2.42. The van der Waals surface area contributed by atoms with Gasteiger partial charge in [0.1, 0.15) is 0 Å². The molecule has 1 aliphatic carbocycles. The number of nitrogens with zero attached hydrogens (tertiary/aromatic N) is 2. The fourth-order valence-corrected chi connectivity index (χ4v) is 5.51. The van der Waals surface area contributed by atoms with Crippen LogP contribution in [-0.2, 0) is 0 Å². The molecule has 1 fully saturated rings. The highest BCUT2D eigenvalue weighted by molar-refractivity contribution is 8.03. The van der Waals surface area contributed by atoms with E-state index in [1.165, 1.54) is 32.1 Å². The molecule has 0 atom stereocenters. The summed E-state index contributed by atoms with van der Waals surface area (Å²) in [6.07, 6.45) is 8.84. The maximum atomic E-state index is 4.57. The Kier molecular flexibility index (Phi) is 5.51. The van der Waals surface area contributed by atoms with Gasteiger partial charge in [-0.05, 0) is 30.3 Å². The standard InChI is InChI=1S/C11H18N2S4/c1-15-9-12-13-10(17-9)16-8-11(7-14)5-3-2-4-6-11/h14H,2-8H2,1H3. The Morgan fingerprint density at radius 1 is 1.24 bits per heavy atom. The molecule has 96 valence electrons. The van der Waals surface area contributed by atoms with E-state index >= 15 is 0 Å². The molecule has 0 N–H and O–H groups in total. The molecule has 1 saturated carbocycles. The van der Waals surface area contributed by atoms with E-state index in [9.17, 15) is 0 Å². The van der Waals surface area contributed by atoms with Crippen molar-refractivity contribution in [1.29, 1.82) is 0 Å². The molecule has 6 heteroatoms. The molecule has 0 radical (unpaired) electrons. The van der Waals surface area contributed by atoms with Crippen molar-refractivity contribution in [3.63, 3.8) is 0 Å². The van der Waals surface area contributed by atoms with Crippen LogP contribution in [0.3, 0.4) is 0 Å². The van der Waals surface area contributed by atoms with E-state index in [1.54, 1.807) is 23.1 Å². The third-order valence-electron chi connectivity index (χ3n) is 3.31. The van der Waals surface area contributed by atoms with Crippen molar-refractivity contribution in [3.8, 4) is 0 Å². The molecule has 0 saturated heterocycles. The van der Waals surface area contributed by atoms with Crippen molar-refractivity contribution in [2.24, 2.45) is 5.41 Å². The van der Waals surface area contributed by atoms with E-state index in [2.05, 4.69) is 22.8 Å². The summed E-state index contributed by atoms with van der Waals surface area (Å²) >= 11 is 9.82. The highest BCUT2D eigenvalue weighted by atomic mass is 32.2. The van der Waals surface area contributed by atoms with Crippen molar-refractivity contribution < 1.29 is 0 Å². The fourth-order valence-electron chi connectivity index (χ4n) is 2.20. The van der Waals surface area contributed by atoms with Crippen LogP contribution < -0.4 is 0 Å². The molecule has 0 aliphatic heterocycles. The average Bonchev–Trinajstić information content (AvgIpc) is 2.85. The number of hydrogen-bond donors (Lipinski definition) is 1. The zero-order valence-corrected chi connectivity index (χ0v) is 13.4. The van der Waals surface area contributed by atoms with Crippen LogP contribution in [0.2, 0.25) is 0 Å². The number of thiol groups is 1. The van der Waals surface area contributed by atoms with Gasteiger partial charge in [0.25, 0.3) is 0 Å². The molecule has 0 spiro atoms. The summed E-state index contributed by atoms with van der Waals surface area (Å²) in [5, 5.41) is 8.36. The second kappa shape index (κ2) is 6.68. The van der Waals surface area contributed by atoms with Gasteiger partial charge in [-0.2, -0.15) is 12.6 Å². The molecule has 0 bridgehead atoms. The molecule has 2 rings (SSSR count). The first kappa shape index (κ1) is 14.0. The summed E-state index contributed by atoms with van der Waals surface area (Å²) in [5.74, 6) is 2.16. The summed E-state index contributed by atoms with van der Waals surface area (Å²) < 4.78 is 2.18. The number of rotatable bonds is 5. The van der Waals surface area contributed by atoms with Crippen LogP contribution in [0.25, 0.3) is 0 Å². The number of aromatic nitrogens is 2. The lowest BCUT2D eigenvalue weighted by atomic mass is 9.77. The second-order valence-electron chi connectivity index (χ2n) is 4.55. The van der Waals surface area contributed by atoms with Gasteiger partial charge in [0.15, 0.2) is 8.68 Å². The molecule has 1 aromatic heterocycles. The number of thioether (sulfide) groups is 2. The summed E-state index contributed by atoms with van der Waals surface area (Å²) in [7, 11) is 0. The Labute approximate surface area is 121 Å². The maximum absolute atomic E-state index is 4.57. The van der Waals surface area contributed by atoms with Crippen LogP contribution in [0.15, 0.2) is 8.68 Å². The summed E-state index contributed by atoms with van der Waals surface area (Å²) in [4.78, 5) is 0. The molecule has 2 nitrogen and oxygen atoms in total. The minimum atomic E-state index is 0.442. The van der Waals surface area contributed by atoms with Crippen LogP contribution in [0, 0.1) is 5.41 Å². The van der Waals surface area contributed by atoms with Crippen LogP contribution >= 0.6 is 47.5 Å². The van der Waals surface area contributed by atoms with Crippen LogP contribution in [0.5, 0.6) is 0 Å². The van der Waals surface area contributed by atoms with Crippen molar-refractivity contribution in [2.75, 3.05) is 17.8 Å². The highest BCUT2D eigenvalue weighted by Gasteiger charge is 2.31. The Balaban J connectivity index is 1.90. The molecule has 1 aliphatic rings. The lowest BCUT2D eigenvalue weighted by Gasteiger charge is -2.35. The van der Waals surface area contributed by atoms with Gasteiger partial charge < -0.3 is 0 Å². The summed E-state index contributed by atoms with van der Waals surface area (Å²) in [6.45, 7) is 0. The molecular formula is C11H18N2S4. The van der Waals surface area contributed by atoms with Crippen LogP contribution in [0.1, 0.15) is 32.1 Å². The second-order valence-corrected chi connectivity index (χ2v) is 8.12. The van der Waals surface area contributed by atoms with E-state index < -0.39 is 0 Å². The molecular weight excluding hydrogens is 288 g/mol. The molecule has 17 heavy (non-hydrogen) atoms. The Hall–Kier alpha value is 0.610. The Bertz CT molecular complexity index is 347. The smallest absolute Gasteiger partial charge is 0.175 e. The van der Waals surface area contributed by atoms with Crippen molar-refractivity contribution in [3.05, 3.63) is 0 Å². The third kappa shape index (κ3) is 3.78. The predicted octanol–water partition coefficient (Wildman–Crippen LogP) is 4.23. The van der Waals surface area contributed by atoms with Crippen molar-refractivity contribution in [1.82, 2.24) is 10.2 Å². The van der Waals surface area contributed by atoms with E-state index in [4.69, 9.17) is 0 Å². The maximum Gasteiger partial charge on any atom is 0.175 e. The van der Waals surface area contributed by atoms with Crippen LogP contribution in [-0.4, -0.2) is 28.0 Å². The van der Waals surface area contributed by atoms with Crippen LogP contribution in [0.4, 0.5) is 0 Å². The van der Waals surface area contributed by atoms with Crippen molar-refractivity contribution >= 4 is 47.5 Å². The molecule has 0 unspecified atom stereocenters. The normalized spacial score (nSPS) is 19.4. The average molecular weight is 307 g/mol. The summed E-state index contributed by atoms with van der Waals surface area (Å²) in [5.41, 5.74) is 0.442. The lowest BCUT2D eigenvalue weighted by molar-refractivity contribution is 0.259. The monoisotopic (exact) mass is 306 g/mol. The Morgan fingerprint density at radius 3 is 2.53 bits per heavy atom. The first-order valence-corrected chi connectivity index (χ1v) is 9.55. The van der Waals surface area contributed by atoms with Gasteiger partial charge in [-0.3, -0.25) is 0 Å². The zero-order valence-electron chi connectivity index (χ0n) is 10.0. The van der Waals surface area contributed by atoms with E-state index in [1.807, 2.05) is 18.0 Å². The lowest BCUT2D eigenvalue weighted by Crippen LogP contribution is -2.28. The third-order valence-corrected chi connectivity index (χ3v) is 7.37. The van der Waals surface area contributed by atoms with Gasteiger partial charge in [-0.25, -0.2) is 0 Å².